The van der Waals surface area contributed by atoms with Crippen molar-refractivity contribution in [1.82, 2.24) is 0 Å². The fourth-order valence-corrected chi connectivity index (χ4v) is 1.62. The summed E-state index contributed by atoms with van der Waals surface area (Å²) in [6.45, 7) is 6.25. The average Bonchev–Trinajstić information content (AvgIpc) is 2.35. The fourth-order valence-electron chi connectivity index (χ4n) is 1.62. The summed E-state index contributed by atoms with van der Waals surface area (Å²) >= 11 is 0. The number of hydrogen-bond acceptors (Lipinski definition) is 3. The molecule has 1 aromatic rings. The largest absolute Gasteiger partial charge is 0.495 e. The molecule has 0 aliphatic carbocycles. The van der Waals surface area contributed by atoms with Gasteiger partial charge in [0.1, 0.15) is 5.75 Å². The second-order valence-electron chi connectivity index (χ2n) is 5.15. The number of rotatable bonds is 3. The summed E-state index contributed by atoms with van der Waals surface area (Å²) in [6, 6.07) is 5.65. The lowest BCUT2D eigenvalue weighted by molar-refractivity contribution is -0.129. The maximum atomic E-state index is 11.4. The van der Waals surface area contributed by atoms with E-state index in [0.717, 1.165) is 5.56 Å². The first-order valence-corrected chi connectivity index (χ1v) is 5.72. The molecule has 0 unspecified atom stereocenters. The van der Waals surface area contributed by atoms with Crippen molar-refractivity contribution < 1.29 is 14.3 Å². The molecule has 0 bridgehead atoms. The Balaban J connectivity index is 3.30. The van der Waals surface area contributed by atoms with Crippen LogP contribution >= 0.6 is 0 Å². The Kier molecular flexibility index (Phi) is 4.11. The third-order valence-corrected chi connectivity index (χ3v) is 2.84. The van der Waals surface area contributed by atoms with E-state index < -0.39 is 5.91 Å². The van der Waals surface area contributed by atoms with E-state index in [0.29, 0.717) is 17.7 Å². The zero-order chi connectivity index (χ0) is 13.9. The van der Waals surface area contributed by atoms with E-state index in [-0.39, 0.29) is 5.41 Å². The number of carbonyl (C=O) groups excluding carboxylic acids is 2. The van der Waals surface area contributed by atoms with Gasteiger partial charge in [-0.2, -0.15) is 0 Å². The van der Waals surface area contributed by atoms with Crippen LogP contribution in [0.1, 0.15) is 26.3 Å². The van der Waals surface area contributed by atoms with Crippen molar-refractivity contribution in [3.63, 3.8) is 0 Å². The van der Waals surface area contributed by atoms with E-state index in [2.05, 4.69) is 20.8 Å². The number of benzene rings is 1. The number of methoxy groups -OCH3 is 1. The number of aldehydes is 1. The first-order chi connectivity index (χ1) is 8.31. The lowest BCUT2D eigenvalue weighted by Gasteiger charge is -2.24. The standard InChI is InChI=1S/C14H19NO3/c1-14(2,3)10-6-7-12(18-5)11(8-10)15(4)13(17)9-16/h6-9H,1-5H3. The number of nitrogens with zero attached hydrogens (tertiary/aromatic N) is 1. The molecule has 0 atom stereocenters. The molecular weight excluding hydrogens is 230 g/mol. The summed E-state index contributed by atoms with van der Waals surface area (Å²) < 4.78 is 5.22. The maximum Gasteiger partial charge on any atom is 0.290 e. The van der Waals surface area contributed by atoms with Gasteiger partial charge in [-0.1, -0.05) is 26.8 Å². The number of carbonyl (C=O) groups is 2. The highest BCUT2D eigenvalue weighted by molar-refractivity contribution is 6.30. The Morgan fingerprint density at radius 3 is 2.39 bits per heavy atom. The summed E-state index contributed by atoms with van der Waals surface area (Å²) in [5, 5.41) is 0. The molecule has 0 aliphatic heterocycles. The van der Waals surface area contributed by atoms with Crippen LogP contribution in [-0.2, 0) is 15.0 Å². The molecule has 0 saturated heterocycles. The van der Waals surface area contributed by atoms with Crippen LogP contribution in [0.15, 0.2) is 18.2 Å². The van der Waals surface area contributed by atoms with Crippen molar-refractivity contribution in [2.24, 2.45) is 0 Å². The summed E-state index contributed by atoms with van der Waals surface area (Å²) in [4.78, 5) is 23.3. The van der Waals surface area contributed by atoms with Crippen molar-refractivity contribution >= 4 is 17.9 Å². The van der Waals surface area contributed by atoms with Crippen molar-refractivity contribution in [2.45, 2.75) is 26.2 Å². The summed E-state index contributed by atoms with van der Waals surface area (Å²) in [5.74, 6) is -0.0277. The number of ether oxygens (including phenoxy) is 1. The summed E-state index contributed by atoms with van der Waals surface area (Å²) in [6.07, 6.45) is 0.295. The smallest absolute Gasteiger partial charge is 0.290 e. The number of likely N-dealkylation sites (N-methyl/N-ethyl adjacent to an activating group) is 1. The van der Waals surface area contributed by atoms with Crippen molar-refractivity contribution in [2.75, 3.05) is 19.1 Å². The van der Waals surface area contributed by atoms with Gasteiger partial charge >= 0.3 is 0 Å². The third-order valence-electron chi connectivity index (χ3n) is 2.84. The SMILES string of the molecule is COc1ccc(C(C)(C)C)cc1N(C)C(=O)C=O. The van der Waals surface area contributed by atoms with E-state index in [4.69, 9.17) is 4.74 Å². The molecule has 4 nitrogen and oxygen atoms in total. The van der Waals surface area contributed by atoms with Crippen LogP contribution in [0.5, 0.6) is 5.75 Å². The molecule has 0 heterocycles. The molecule has 0 fully saturated rings. The van der Waals surface area contributed by atoms with Crippen LogP contribution < -0.4 is 9.64 Å². The summed E-state index contributed by atoms with van der Waals surface area (Å²) in [5.41, 5.74) is 1.64. The predicted octanol–water partition coefficient (Wildman–Crippen LogP) is 2.15. The van der Waals surface area contributed by atoms with Crippen LogP contribution in [0.25, 0.3) is 0 Å². The van der Waals surface area contributed by atoms with E-state index in [1.165, 1.54) is 12.0 Å². The second-order valence-corrected chi connectivity index (χ2v) is 5.15. The summed E-state index contributed by atoms with van der Waals surface area (Å²) in [7, 11) is 3.09. The van der Waals surface area contributed by atoms with Crippen LogP contribution in [0.2, 0.25) is 0 Å². The molecule has 18 heavy (non-hydrogen) atoms. The Morgan fingerprint density at radius 2 is 1.94 bits per heavy atom. The zero-order valence-electron chi connectivity index (χ0n) is 11.5. The van der Waals surface area contributed by atoms with Crippen LogP contribution in [0.4, 0.5) is 5.69 Å². The van der Waals surface area contributed by atoms with Gasteiger partial charge < -0.3 is 9.64 Å². The molecule has 98 valence electrons. The monoisotopic (exact) mass is 249 g/mol. The molecule has 1 amide bonds. The number of amides is 1. The maximum absolute atomic E-state index is 11.4. The molecule has 0 spiro atoms. The van der Waals surface area contributed by atoms with Gasteiger partial charge in [0.05, 0.1) is 12.8 Å². The van der Waals surface area contributed by atoms with Crippen LogP contribution in [0, 0.1) is 0 Å². The zero-order valence-corrected chi connectivity index (χ0v) is 11.5. The molecule has 0 saturated carbocycles. The topological polar surface area (TPSA) is 46.6 Å². The van der Waals surface area contributed by atoms with Gasteiger partial charge in [-0.15, -0.1) is 0 Å². The highest BCUT2D eigenvalue weighted by Gasteiger charge is 2.19. The normalized spacial score (nSPS) is 10.9. The van der Waals surface area contributed by atoms with Gasteiger partial charge in [-0.05, 0) is 23.1 Å². The van der Waals surface area contributed by atoms with Crippen molar-refractivity contribution in [3.8, 4) is 5.75 Å². The second kappa shape index (κ2) is 5.21. The van der Waals surface area contributed by atoms with Gasteiger partial charge in [0.2, 0.25) is 6.29 Å². The minimum absolute atomic E-state index is 0.0356. The molecule has 0 N–H and O–H groups in total. The minimum Gasteiger partial charge on any atom is -0.495 e. The molecule has 0 aliphatic rings. The molecule has 0 radical (unpaired) electrons. The first-order valence-electron chi connectivity index (χ1n) is 5.72. The quantitative estimate of drug-likeness (QED) is 0.609. The Hall–Kier alpha value is -1.84. The van der Waals surface area contributed by atoms with Crippen molar-refractivity contribution in [1.29, 1.82) is 0 Å². The number of anilines is 1. The predicted molar refractivity (Wildman–Crippen MR) is 71.2 cm³/mol. The Labute approximate surface area is 108 Å². The highest BCUT2D eigenvalue weighted by atomic mass is 16.5. The van der Waals surface area contributed by atoms with Gasteiger partial charge in [0, 0.05) is 7.05 Å². The first kappa shape index (κ1) is 14.2. The van der Waals surface area contributed by atoms with E-state index in [9.17, 15) is 9.59 Å². The highest BCUT2D eigenvalue weighted by Crippen LogP contribution is 2.33. The lowest BCUT2D eigenvalue weighted by Crippen LogP contribution is -2.28. The Morgan fingerprint density at radius 1 is 1.33 bits per heavy atom. The molecular formula is C14H19NO3. The minimum atomic E-state index is -0.598. The molecule has 1 aromatic carbocycles. The van der Waals surface area contributed by atoms with E-state index in [1.54, 1.807) is 7.05 Å². The van der Waals surface area contributed by atoms with E-state index >= 15 is 0 Å². The Bertz CT molecular complexity index is 461. The van der Waals surface area contributed by atoms with Crippen LogP contribution in [-0.4, -0.2) is 26.4 Å². The fraction of sp³-hybridized carbons (Fsp3) is 0.429. The molecule has 1 rings (SSSR count). The van der Waals surface area contributed by atoms with Gasteiger partial charge in [-0.25, -0.2) is 0 Å². The third kappa shape index (κ3) is 2.88. The molecule has 4 heteroatoms. The van der Waals surface area contributed by atoms with E-state index in [1.807, 2.05) is 18.2 Å². The average molecular weight is 249 g/mol. The van der Waals surface area contributed by atoms with Crippen molar-refractivity contribution in [3.05, 3.63) is 23.8 Å². The van der Waals surface area contributed by atoms with Gasteiger partial charge in [0.25, 0.3) is 5.91 Å². The van der Waals surface area contributed by atoms with Gasteiger partial charge in [-0.3, -0.25) is 9.59 Å². The van der Waals surface area contributed by atoms with Crippen LogP contribution in [0.3, 0.4) is 0 Å². The lowest BCUT2D eigenvalue weighted by atomic mass is 9.86. The number of hydrogen-bond donors (Lipinski definition) is 0. The molecule has 0 aromatic heterocycles. The van der Waals surface area contributed by atoms with Gasteiger partial charge in [0.15, 0.2) is 0 Å².